The van der Waals surface area contributed by atoms with E-state index < -0.39 is 12.2 Å². The molecule has 1 amide bonds. The first-order valence-electron chi connectivity index (χ1n) is 8.89. The second kappa shape index (κ2) is 9.17. The third kappa shape index (κ3) is 5.44. The van der Waals surface area contributed by atoms with E-state index in [9.17, 15) is 4.79 Å². The normalized spacial score (nSPS) is 17.2. The van der Waals surface area contributed by atoms with Crippen LogP contribution in [-0.2, 0) is 11.3 Å². The summed E-state index contributed by atoms with van der Waals surface area (Å²) in [6.07, 6.45) is 0.501. The maximum atomic E-state index is 11.9. The van der Waals surface area contributed by atoms with E-state index in [0.29, 0.717) is 31.1 Å². The van der Waals surface area contributed by atoms with Gasteiger partial charge in [-0.1, -0.05) is 32.6 Å². The van der Waals surface area contributed by atoms with Gasteiger partial charge in [-0.25, -0.2) is 4.79 Å². The minimum absolute atomic E-state index is 0.364. The second-order valence-electron chi connectivity index (χ2n) is 6.84. The Morgan fingerprint density at radius 2 is 2.04 bits per heavy atom. The molecule has 26 heavy (non-hydrogen) atoms. The number of nitrogens with one attached hydrogen (secondary N) is 2. The highest BCUT2D eigenvalue weighted by Gasteiger charge is 2.26. The zero-order valence-electron chi connectivity index (χ0n) is 15.8. The molecule has 0 radical (unpaired) electrons. The van der Waals surface area contributed by atoms with E-state index in [1.807, 2.05) is 38.1 Å². The minimum Gasteiger partial charge on any atom is -0.497 e. The van der Waals surface area contributed by atoms with Crippen LogP contribution >= 0.6 is 0 Å². The predicted octanol–water partition coefficient (Wildman–Crippen LogP) is 3.06. The van der Waals surface area contributed by atoms with Crippen molar-refractivity contribution in [2.75, 3.05) is 13.7 Å². The van der Waals surface area contributed by atoms with Gasteiger partial charge < -0.3 is 25.8 Å². The quantitative estimate of drug-likeness (QED) is 0.697. The largest absolute Gasteiger partial charge is 0.497 e. The Kier molecular flexibility index (Phi) is 6.95. The van der Waals surface area contributed by atoms with Crippen LogP contribution in [0.2, 0.25) is 0 Å². The van der Waals surface area contributed by atoms with Crippen LogP contribution in [0.15, 0.2) is 47.8 Å². The lowest BCUT2D eigenvalue weighted by Gasteiger charge is -2.28. The zero-order valence-corrected chi connectivity index (χ0v) is 15.8. The summed E-state index contributed by atoms with van der Waals surface area (Å²) in [5.41, 5.74) is 9.58. The van der Waals surface area contributed by atoms with E-state index in [-0.39, 0.29) is 0 Å². The number of hydrogen-bond donors (Lipinski definition) is 3. The Morgan fingerprint density at radius 3 is 2.65 bits per heavy atom. The van der Waals surface area contributed by atoms with E-state index in [1.54, 1.807) is 7.11 Å². The average molecular weight is 359 g/mol. The maximum Gasteiger partial charge on any atom is 0.407 e. The third-order valence-electron chi connectivity index (χ3n) is 4.23. The number of hydrogen-bond acceptors (Lipinski definition) is 5. The first-order chi connectivity index (χ1) is 12.4. The van der Waals surface area contributed by atoms with Gasteiger partial charge in [0.15, 0.2) is 0 Å². The Bertz CT molecular complexity index is 665. The molecule has 0 heterocycles. The smallest absolute Gasteiger partial charge is 0.407 e. The van der Waals surface area contributed by atoms with Crippen molar-refractivity contribution in [3.8, 4) is 5.75 Å². The van der Waals surface area contributed by atoms with Crippen molar-refractivity contribution in [3.63, 3.8) is 0 Å². The number of methoxy groups -OCH3 is 1. The van der Waals surface area contributed by atoms with Gasteiger partial charge >= 0.3 is 6.09 Å². The van der Waals surface area contributed by atoms with Crippen LogP contribution in [0.3, 0.4) is 0 Å². The topological polar surface area (TPSA) is 85.6 Å². The zero-order chi connectivity index (χ0) is 19.1. The number of alkyl carbamates (subject to hydrolysis) is 1. The van der Waals surface area contributed by atoms with E-state index >= 15 is 0 Å². The fraction of sp³-hybridized carbons (Fsp3) is 0.450. The fourth-order valence-corrected chi connectivity index (χ4v) is 2.69. The number of carbonyl (C=O) groups excluding carboxylic acids is 1. The molecule has 1 aromatic rings. The molecule has 142 valence electrons. The molecule has 1 aliphatic rings. The summed E-state index contributed by atoms with van der Waals surface area (Å²) in [7, 11) is 1.64. The van der Waals surface area contributed by atoms with Crippen LogP contribution in [0.25, 0.3) is 0 Å². The van der Waals surface area contributed by atoms with E-state index in [1.165, 1.54) is 0 Å². The summed E-state index contributed by atoms with van der Waals surface area (Å²) >= 11 is 0. The molecule has 1 aliphatic carbocycles. The SMILES string of the molecule is C=C1CCC(OC(=O)NCC(C)C)C(N)=C1NCc1ccc(OC)cc1. The van der Waals surface area contributed by atoms with Crippen molar-refractivity contribution in [2.45, 2.75) is 39.3 Å². The summed E-state index contributed by atoms with van der Waals surface area (Å²) < 4.78 is 10.6. The third-order valence-corrected chi connectivity index (χ3v) is 4.23. The monoisotopic (exact) mass is 359 g/mol. The molecular weight excluding hydrogens is 330 g/mol. The summed E-state index contributed by atoms with van der Waals surface area (Å²) in [6.45, 7) is 9.31. The molecule has 0 bridgehead atoms. The van der Waals surface area contributed by atoms with Crippen LogP contribution < -0.4 is 21.1 Å². The summed E-state index contributed by atoms with van der Waals surface area (Å²) in [5.74, 6) is 1.18. The van der Waals surface area contributed by atoms with Gasteiger partial charge in [0, 0.05) is 13.1 Å². The van der Waals surface area contributed by atoms with Crippen molar-refractivity contribution in [3.05, 3.63) is 53.4 Å². The van der Waals surface area contributed by atoms with Crippen LogP contribution in [0, 0.1) is 5.92 Å². The van der Waals surface area contributed by atoms with E-state index in [2.05, 4.69) is 17.2 Å². The van der Waals surface area contributed by atoms with Gasteiger partial charge in [0.1, 0.15) is 11.9 Å². The molecule has 1 aromatic carbocycles. The lowest BCUT2D eigenvalue weighted by molar-refractivity contribution is 0.106. The number of nitrogens with two attached hydrogens (primary N) is 1. The first-order valence-corrected chi connectivity index (χ1v) is 8.89. The number of rotatable bonds is 7. The fourth-order valence-electron chi connectivity index (χ4n) is 2.69. The summed E-state index contributed by atoms with van der Waals surface area (Å²) in [6, 6.07) is 7.80. The van der Waals surface area contributed by atoms with Crippen molar-refractivity contribution in [1.29, 1.82) is 0 Å². The number of allylic oxidation sites excluding steroid dienone is 1. The summed E-state index contributed by atoms with van der Waals surface area (Å²) in [5, 5.41) is 6.08. The summed E-state index contributed by atoms with van der Waals surface area (Å²) in [4.78, 5) is 11.9. The lowest BCUT2D eigenvalue weighted by Crippen LogP contribution is -2.37. The lowest BCUT2D eigenvalue weighted by atomic mass is 9.94. The Labute approximate surface area is 155 Å². The molecule has 6 nitrogen and oxygen atoms in total. The maximum absolute atomic E-state index is 11.9. The molecule has 6 heteroatoms. The highest BCUT2D eigenvalue weighted by molar-refractivity contribution is 5.67. The van der Waals surface area contributed by atoms with Gasteiger partial charge in [0.25, 0.3) is 0 Å². The number of carbonyl (C=O) groups is 1. The standard InChI is InChI=1S/C20H29N3O3/c1-13(2)11-23-20(24)26-17-10-5-14(3)19(18(17)21)22-12-15-6-8-16(25-4)9-7-15/h6-9,13,17,22H,3,5,10-12,21H2,1-2,4H3,(H,23,24). The molecule has 0 aliphatic heterocycles. The van der Waals surface area contributed by atoms with Gasteiger partial charge in [0.05, 0.1) is 18.5 Å². The molecule has 1 atom stereocenters. The molecular formula is C20H29N3O3. The van der Waals surface area contributed by atoms with Crippen LogP contribution in [0.1, 0.15) is 32.3 Å². The number of benzene rings is 1. The average Bonchev–Trinajstić information content (AvgIpc) is 2.62. The molecule has 4 N–H and O–H groups in total. The Balaban J connectivity index is 1.99. The molecule has 0 saturated heterocycles. The van der Waals surface area contributed by atoms with Crippen molar-refractivity contribution >= 4 is 6.09 Å². The Morgan fingerprint density at radius 1 is 1.35 bits per heavy atom. The van der Waals surface area contributed by atoms with Gasteiger partial charge in [-0.15, -0.1) is 0 Å². The molecule has 0 aromatic heterocycles. The predicted molar refractivity (Wildman–Crippen MR) is 103 cm³/mol. The van der Waals surface area contributed by atoms with Gasteiger partial charge in [-0.05, 0) is 42.0 Å². The van der Waals surface area contributed by atoms with Crippen molar-refractivity contribution in [2.24, 2.45) is 11.7 Å². The Hall–Kier alpha value is -2.63. The molecule has 0 fully saturated rings. The molecule has 0 spiro atoms. The highest BCUT2D eigenvalue weighted by atomic mass is 16.6. The molecule has 2 rings (SSSR count). The van der Waals surface area contributed by atoms with Gasteiger partial charge in [-0.3, -0.25) is 0 Å². The van der Waals surface area contributed by atoms with Crippen molar-refractivity contribution < 1.29 is 14.3 Å². The second-order valence-corrected chi connectivity index (χ2v) is 6.84. The highest BCUT2D eigenvalue weighted by Crippen LogP contribution is 2.27. The van der Waals surface area contributed by atoms with Crippen molar-refractivity contribution in [1.82, 2.24) is 10.6 Å². The van der Waals surface area contributed by atoms with Crippen LogP contribution in [0.4, 0.5) is 4.79 Å². The van der Waals surface area contributed by atoms with Crippen LogP contribution in [0.5, 0.6) is 5.75 Å². The number of ether oxygens (including phenoxy) is 2. The van der Waals surface area contributed by atoms with Gasteiger partial charge in [-0.2, -0.15) is 0 Å². The van der Waals surface area contributed by atoms with Crippen LogP contribution in [-0.4, -0.2) is 25.9 Å². The molecule has 1 unspecified atom stereocenters. The minimum atomic E-state index is -0.439. The first kappa shape index (κ1) is 19.7. The van der Waals surface area contributed by atoms with E-state index in [0.717, 1.165) is 29.0 Å². The molecule has 0 saturated carbocycles. The number of amides is 1. The van der Waals surface area contributed by atoms with E-state index in [4.69, 9.17) is 15.2 Å². The van der Waals surface area contributed by atoms with Gasteiger partial charge in [0.2, 0.25) is 0 Å².